The molecule has 0 bridgehead atoms. The summed E-state index contributed by atoms with van der Waals surface area (Å²) in [6, 6.07) is 0.882. The van der Waals surface area contributed by atoms with Crippen LogP contribution in [0.3, 0.4) is 0 Å². The molecule has 0 unspecified atom stereocenters. The van der Waals surface area contributed by atoms with Gasteiger partial charge < -0.3 is 14.8 Å². The highest BCUT2D eigenvalue weighted by Gasteiger charge is 2.23. The lowest BCUT2D eigenvalue weighted by atomic mass is 10.2. The number of hydrogen-bond acceptors (Lipinski definition) is 5. The number of esters is 1. The number of thiophene rings is 1. The van der Waals surface area contributed by atoms with Gasteiger partial charge in [-0.15, -0.1) is 17.9 Å². The van der Waals surface area contributed by atoms with Crippen LogP contribution in [0.25, 0.3) is 0 Å². The first-order valence-corrected chi connectivity index (χ1v) is 7.56. The van der Waals surface area contributed by atoms with Crippen molar-refractivity contribution < 1.29 is 19.1 Å². The van der Waals surface area contributed by atoms with Crippen molar-refractivity contribution >= 4 is 39.1 Å². The maximum Gasteiger partial charge on any atom is 0.328 e. The lowest BCUT2D eigenvalue weighted by molar-refractivity contribution is -0.145. The van der Waals surface area contributed by atoms with Gasteiger partial charge in [0, 0.05) is 6.07 Å². The second-order valence-corrected chi connectivity index (χ2v) is 6.13. The molecule has 1 amide bonds. The number of nitrogens with one attached hydrogen (secondary N) is 1. The van der Waals surface area contributed by atoms with Crippen molar-refractivity contribution in [2.45, 2.75) is 19.4 Å². The molecule has 1 atom stereocenters. The van der Waals surface area contributed by atoms with Gasteiger partial charge in [-0.05, 0) is 29.3 Å². The van der Waals surface area contributed by atoms with Crippen LogP contribution in [0.1, 0.15) is 23.0 Å². The first-order valence-electron chi connectivity index (χ1n) is 5.95. The number of carbonyl (C=O) groups excluding carboxylic acids is 2. The van der Waals surface area contributed by atoms with E-state index >= 15 is 0 Å². The quantitative estimate of drug-likeness (QED) is 0.599. The molecule has 1 heterocycles. The monoisotopic (exact) mass is 361 g/mol. The van der Waals surface area contributed by atoms with Crippen LogP contribution in [0.5, 0.6) is 5.75 Å². The second kappa shape index (κ2) is 8.06. The van der Waals surface area contributed by atoms with Gasteiger partial charge in [-0.25, -0.2) is 4.79 Å². The molecule has 1 aromatic rings. The van der Waals surface area contributed by atoms with Crippen molar-refractivity contribution in [2.75, 3.05) is 13.7 Å². The normalized spacial score (nSPS) is 11.6. The zero-order valence-corrected chi connectivity index (χ0v) is 13.7. The molecule has 7 heteroatoms. The molecule has 0 aliphatic heterocycles. The van der Waals surface area contributed by atoms with Crippen molar-refractivity contribution in [2.24, 2.45) is 0 Å². The molecule has 0 saturated carbocycles. The first-order chi connectivity index (χ1) is 9.53. The zero-order chi connectivity index (χ0) is 15.1. The van der Waals surface area contributed by atoms with E-state index in [-0.39, 0.29) is 12.5 Å². The van der Waals surface area contributed by atoms with E-state index in [9.17, 15) is 9.59 Å². The maximum atomic E-state index is 12.1. The molecular formula is C13H16BrNO4S. The van der Waals surface area contributed by atoms with Gasteiger partial charge in [-0.1, -0.05) is 6.08 Å². The Morgan fingerprint density at radius 1 is 1.60 bits per heavy atom. The average Bonchev–Trinajstić information content (AvgIpc) is 2.79. The number of amides is 1. The van der Waals surface area contributed by atoms with Gasteiger partial charge in [-0.3, -0.25) is 4.79 Å². The molecular weight excluding hydrogens is 346 g/mol. The minimum Gasteiger partial charge on any atom is -0.495 e. The summed E-state index contributed by atoms with van der Waals surface area (Å²) in [5, 5.41) is 2.63. The fraction of sp³-hybridized carbons (Fsp3) is 0.385. The summed E-state index contributed by atoms with van der Waals surface area (Å²) in [5.41, 5.74) is 0. The zero-order valence-electron chi connectivity index (χ0n) is 11.3. The lowest BCUT2D eigenvalue weighted by Crippen LogP contribution is -2.41. The minimum atomic E-state index is -0.730. The molecule has 0 aromatic carbocycles. The van der Waals surface area contributed by atoms with E-state index in [1.807, 2.05) is 0 Å². The average molecular weight is 362 g/mol. The highest BCUT2D eigenvalue weighted by molar-refractivity contribution is 9.11. The van der Waals surface area contributed by atoms with Crippen molar-refractivity contribution in [1.82, 2.24) is 5.32 Å². The molecule has 0 saturated heterocycles. The van der Waals surface area contributed by atoms with E-state index in [2.05, 4.69) is 27.8 Å². The molecule has 0 aliphatic carbocycles. The second-order valence-electron chi connectivity index (χ2n) is 3.76. The number of halogens is 1. The molecule has 1 rings (SSSR count). The fourth-order valence-corrected chi connectivity index (χ4v) is 3.01. The summed E-state index contributed by atoms with van der Waals surface area (Å²) >= 11 is 4.54. The molecule has 0 fully saturated rings. The predicted octanol–water partition coefficient (Wildman–Crippen LogP) is 2.76. The van der Waals surface area contributed by atoms with Gasteiger partial charge >= 0.3 is 5.97 Å². The molecule has 1 N–H and O–H groups in total. The number of hydrogen-bond donors (Lipinski definition) is 1. The SMILES string of the molecule is C=CC[C@H](NC(=O)c1cc(OC)c(Br)s1)C(=O)OCC. The lowest BCUT2D eigenvalue weighted by Gasteiger charge is -2.14. The molecule has 1 aromatic heterocycles. The Labute approximate surface area is 130 Å². The number of rotatable bonds is 7. The van der Waals surface area contributed by atoms with E-state index in [0.717, 1.165) is 3.79 Å². The highest BCUT2D eigenvalue weighted by atomic mass is 79.9. The third kappa shape index (κ3) is 4.35. The third-order valence-corrected chi connectivity index (χ3v) is 4.16. The fourth-order valence-electron chi connectivity index (χ4n) is 1.46. The van der Waals surface area contributed by atoms with Crippen molar-refractivity contribution in [3.8, 4) is 5.75 Å². The Morgan fingerprint density at radius 2 is 2.30 bits per heavy atom. The van der Waals surface area contributed by atoms with Gasteiger partial charge in [0.05, 0.1) is 18.6 Å². The van der Waals surface area contributed by atoms with Gasteiger partial charge in [0.15, 0.2) is 0 Å². The minimum absolute atomic E-state index is 0.265. The standard InChI is InChI=1S/C13H16BrNO4S/c1-4-6-8(13(17)19-5-2)15-12(16)10-7-9(18-3)11(14)20-10/h4,7-8H,1,5-6H2,2-3H3,(H,15,16)/t8-/m0/s1. The van der Waals surface area contributed by atoms with Crippen LogP contribution in [0.15, 0.2) is 22.5 Å². The number of methoxy groups -OCH3 is 1. The van der Waals surface area contributed by atoms with Crippen LogP contribution in [0, 0.1) is 0 Å². The topological polar surface area (TPSA) is 64.6 Å². The van der Waals surface area contributed by atoms with Gasteiger partial charge in [0.1, 0.15) is 15.6 Å². The number of carbonyl (C=O) groups is 2. The Bertz CT molecular complexity index is 501. The van der Waals surface area contributed by atoms with Crippen molar-refractivity contribution in [3.63, 3.8) is 0 Å². The molecule has 5 nitrogen and oxygen atoms in total. The van der Waals surface area contributed by atoms with E-state index in [0.29, 0.717) is 17.0 Å². The smallest absolute Gasteiger partial charge is 0.328 e. The van der Waals surface area contributed by atoms with E-state index in [1.165, 1.54) is 18.4 Å². The van der Waals surface area contributed by atoms with E-state index < -0.39 is 12.0 Å². The van der Waals surface area contributed by atoms with Crippen molar-refractivity contribution in [1.29, 1.82) is 0 Å². The number of ether oxygens (including phenoxy) is 2. The van der Waals surface area contributed by atoms with Gasteiger partial charge in [0.2, 0.25) is 0 Å². The Hall–Kier alpha value is -1.34. The Balaban J connectivity index is 2.79. The molecule has 20 heavy (non-hydrogen) atoms. The van der Waals surface area contributed by atoms with E-state index in [1.54, 1.807) is 19.1 Å². The summed E-state index contributed by atoms with van der Waals surface area (Å²) in [7, 11) is 1.52. The van der Waals surface area contributed by atoms with Crippen LogP contribution < -0.4 is 10.1 Å². The summed E-state index contributed by atoms with van der Waals surface area (Å²) < 4.78 is 10.7. The molecule has 0 spiro atoms. The molecule has 110 valence electrons. The first kappa shape index (κ1) is 16.7. The largest absolute Gasteiger partial charge is 0.495 e. The van der Waals surface area contributed by atoms with Crippen LogP contribution in [0.2, 0.25) is 0 Å². The molecule has 0 aliphatic rings. The van der Waals surface area contributed by atoms with Gasteiger partial charge in [-0.2, -0.15) is 0 Å². The van der Waals surface area contributed by atoms with Gasteiger partial charge in [0.25, 0.3) is 5.91 Å². The van der Waals surface area contributed by atoms with Crippen molar-refractivity contribution in [3.05, 3.63) is 27.4 Å². The highest BCUT2D eigenvalue weighted by Crippen LogP contribution is 2.34. The van der Waals surface area contributed by atoms with Crippen LogP contribution in [-0.2, 0) is 9.53 Å². The van der Waals surface area contributed by atoms with Crippen LogP contribution in [0.4, 0.5) is 0 Å². The van der Waals surface area contributed by atoms with E-state index in [4.69, 9.17) is 9.47 Å². The maximum absolute atomic E-state index is 12.1. The summed E-state index contributed by atoms with van der Waals surface area (Å²) in [6.45, 7) is 5.55. The summed E-state index contributed by atoms with van der Waals surface area (Å²) in [5.74, 6) is -0.237. The predicted molar refractivity (Wildman–Crippen MR) is 81.3 cm³/mol. The summed E-state index contributed by atoms with van der Waals surface area (Å²) in [6.07, 6.45) is 1.88. The Kier molecular flexibility index (Phi) is 6.74. The Morgan fingerprint density at radius 3 is 2.80 bits per heavy atom. The molecule has 0 radical (unpaired) electrons. The van der Waals surface area contributed by atoms with Crippen LogP contribution >= 0.6 is 27.3 Å². The third-order valence-electron chi connectivity index (χ3n) is 2.38. The van der Waals surface area contributed by atoms with Crippen LogP contribution in [-0.4, -0.2) is 31.6 Å². The summed E-state index contributed by atoms with van der Waals surface area (Å²) in [4.78, 5) is 24.3.